The minimum absolute atomic E-state index is 0.490. The van der Waals surface area contributed by atoms with E-state index >= 15 is 0 Å². The highest BCUT2D eigenvalue weighted by atomic mass is 35.5. The third-order valence-electron chi connectivity index (χ3n) is 4.11. The zero-order valence-corrected chi connectivity index (χ0v) is 16.7. The smallest absolute Gasteiger partial charge is 0.223 e. The summed E-state index contributed by atoms with van der Waals surface area (Å²) in [6, 6.07) is 11.0. The first-order valence-electron chi connectivity index (χ1n) is 8.92. The highest BCUT2D eigenvalue weighted by Gasteiger charge is 2.16. The quantitative estimate of drug-likeness (QED) is 0.369. The van der Waals surface area contributed by atoms with Crippen molar-refractivity contribution in [2.45, 2.75) is 0 Å². The van der Waals surface area contributed by atoms with Crippen molar-refractivity contribution in [3.8, 4) is 22.6 Å². The molecule has 0 spiro atoms. The second kappa shape index (κ2) is 8.89. The van der Waals surface area contributed by atoms with E-state index in [1.165, 1.54) is 0 Å². The van der Waals surface area contributed by atoms with E-state index in [1.807, 2.05) is 24.3 Å². The fourth-order valence-corrected chi connectivity index (χ4v) is 3.27. The Morgan fingerprint density at radius 2 is 1.79 bits per heavy atom. The summed E-state index contributed by atoms with van der Waals surface area (Å²) in [4.78, 5) is 20.7. The summed E-state index contributed by atoms with van der Waals surface area (Å²) < 4.78 is 0. The maximum Gasteiger partial charge on any atom is 0.223 e. The summed E-state index contributed by atoms with van der Waals surface area (Å²) in [7, 11) is 0. The minimum atomic E-state index is 0.490. The third kappa shape index (κ3) is 4.64. The molecule has 0 aliphatic carbocycles. The van der Waals surface area contributed by atoms with Gasteiger partial charge in [-0.2, -0.15) is 0 Å². The lowest BCUT2D eigenvalue weighted by molar-refractivity contribution is 1.02. The standard InChI is InChI=1S/C20H17Cl2N7/c21-13-4-5-14(16(22)11-13)18-15(19-25-8-9-26-19)12-28-20(29-18)27-10-7-24-17-3-1-2-6-23-17/h1-6,8-9,11-12H,7,10H2,(H,23,24)(H,25,26)(H,27,28,29). The van der Waals surface area contributed by atoms with E-state index in [4.69, 9.17) is 23.2 Å². The van der Waals surface area contributed by atoms with Gasteiger partial charge in [0.2, 0.25) is 5.95 Å². The molecule has 0 radical (unpaired) electrons. The number of hydrogen-bond donors (Lipinski definition) is 3. The SMILES string of the molecule is Clc1ccc(-c2nc(NCCNc3ccccn3)ncc2-c2ncc[nH]2)c(Cl)c1. The van der Waals surface area contributed by atoms with E-state index in [9.17, 15) is 0 Å². The lowest BCUT2D eigenvalue weighted by Crippen LogP contribution is -2.16. The first kappa shape index (κ1) is 19.2. The molecule has 9 heteroatoms. The van der Waals surface area contributed by atoms with Gasteiger partial charge in [0.1, 0.15) is 11.6 Å². The number of aromatic nitrogens is 5. The fraction of sp³-hybridized carbons (Fsp3) is 0.100. The van der Waals surface area contributed by atoms with E-state index in [0.717, 1.165) is 16.9 Å². The number of pyridine rings is 1. The van der Waals surface area contributed by atoms with Crippen LogP contribution in [0.3, 0.4) is 0 Å². The second-order valence-corrected chi connectivity index (χ2v) is 6.93. The van der Waals surface area contributed by atoms with E-state index in [-0.39, 0.29) is 0 Å². The van der Waals surface area contributed by atoms with Gasteiger partial charge in [0.05, 0.1) is 16.3 Å². The number of anilines is 2. The minimum Gasteiger partial charge on any atom is -0.368 e. The molecule has 0 saturated carbocycles. The Hall–Kier alpha value is -3.16. The number of imidazole rings is 1. The highest BCUT2D eigenvalue weighted by Crippen LogP contribution is 2.34. The Labute approximate surface area is 177 Å². The fourth-order valence-electron chi connectivity index (χ4n) is 2.77. The van der Waals surface area contributed by atoms with Crippen molar-refractivity contribution in [2.24, 2.45) is 0 Å². The van der Waals surface area contributed by atoms with E-state index in [0.29, 0.717) is 40.6 Å². The zero-order chi connectivity index (χ0) is 20.1. The number of hydrogen-bond acceptors (Lipinski definition) is 6. The van der Waals surface area contributed by atoms with Gasteiger partial charge in [-0.1, -0.05) is 29.3 Å². The van der Waals surface area contributed by atoms with Crippen LogP contribution >= 0.6 is 23.2 Å². The molecule has 0 bridgehead atoms. The van der Waals surface area contributed by atoms with Gasteiger partial charge in [-0.05, 0) is 30.3 Å². The van der Waals surface area contributed by atoms with Crippen LogP contribution in [-0.4, -0.2) is 38.0 Å². The van der Waals surface area contributed by atoms with Gasteiger partial charge < -0.3 is 15.6 Å². The monoisotopic (exact) mass is 425 g/mol. The molecule has 0 amide bonds. The van der Waals surface area contributed by atoms with Gasteiger partial charge >= 0.3 is 0 Å². The van der Waals surface area contributed by atoms with Crippen molar-refractivity contribution in [3.63, 3.8) is 0 Å². The molecule has 0 atom stereocenters. The Kier molecular flexibility index (Phi) is 5.88. The van der Waals surface area contributed by atoms with Crippen molar-refractivity contribution in [1.82, 2.24) is 24.9 Å². The molecule has 29 heavy (non-hydrogen) atoms. The molecule has 0 fully saturated rings. The molecule has 1 aromatic carbocycles. The molecule has 7 nitrogen and oxygen atoms in total. The first-order valence-corrected chi connectivity index (χ1v) is 9.67. The summed E-state index contributed by atoms with van der Waals surface area (Å²) in [5.74, 6) is 1.97. The number of benzene rings is 1. The molecule has 0 saturated heterocycles. The molecule has 4 aromatic rings. The lowest BCUT2D eigenvalue weighted by Gasteiger charge is -2.12. The van der Waals surface area contributed by atoms with E-state index in [1.54, 1.807) is 36.9 Å². The molecule has 0 aliphatic heterocycles. The number of halogens is 2. The normalized spacial score (nSPS) is 10.7. The summed E-state index contributed by atoms with van der Waals surface area (Å²) >= 11 is 12.5. The van der Waals surface area contributed by atoms with Crippen LogP contribution in [0.25, 0.3) is 22.6 Å². The molecule has 3 aromatic heterocycles. The van der Waals surface area contributed by atoms with Crippen molar-refractivity contribution in [2.75, 3.05) is 23.7 Å². The average Bonchev–Trinajstić information content (AvgIpc) is 3.27. The Morgan fingerprint density at radius 1 is 0.897 bits per heavy atom. The molecule has 0 aliphatic rings. The van der Waals surface area contributed by atoms with E-state index < -0.39 is 0 Å². The van der Waals surface area contributed by atoms with Crippen LogP contribution in [0.2, 0.25) is 10.0 Å². The Balaban J connectivity index is 1.56. The van der Waals surface area contributed by atoms with Crippen LogP contribution < -0.4 is 10.6 Å². The summed E-state index contributed by atoms with van der Waals surface area (Å²) in [6.07, 6.45) is 6.89. The molecule has 3 N–H and O–H groups in total. The topological polar surface area (TPSA) is 91.4 Å². The van der Waals surface area contributed by atoms with Crippen LogP contribution in [0.5, 0.6) is 0 Å². The summed E-state index contributed by atoms with van der Waals surface area (Å²) in [5.41, 5.74) is 2.16. The number of aromatic amines is 1. The van der Waals surface area contributed by atoms with Crippen LogP contribution in [0.4, 0.5) is 11.8 Å². The number of rotatable bonds is 7. The van der Waals surface area contributed by atoms with Gasteiger partial charge in [-0.15, -0.1) is 0 Å². The molecular weight excluding hydrogens is 409 g/mol. The van der Waals surface area contributed by atoms with Gasteiger partial charge in [0, 0.05) is 48.5 Å². The third-order valence-corrected chi connectivity index (χ3v) is 4.66. The van der Waals surface area contributed by atoms with Crippen molar-refractivity contribution < 1.29 is 0 Å². The van der Waals surface area contributed by atoms with Gasteiger partial charge in [0.15, 0.2) is 0 Å². The largest absolute Gasteiger partial charge is 0.368 e. The summed E-state index contributed by atoms with van der Waals surface area (Å²) in [6.45, 7) is 1.28. The van der Waals surface area contributed by atoms with Crippen LogP contribution in [0.1, 0.15) is 0 Å². The molecule has 3 heterocycles. The van der Waals surface area contributed by atoms with Crippen molar-refractivity contribution in [3.05, 3.63) is 71.2 Å². The van der Waals surface area contributed by atoms with Gasteiger partial charge in [0.25, 0.3) is 0 Å². The van der Waals surface area contributed by atoms with Crippen LogP contribution in [-0.2, 0) is 0 Å². The predicted octanol–water partition coefficient (Wildman–Crippen LogP) is 4.76. The van der Waals surface area contributed by atoms with E-state index in [2.05, 4.69) is 35.6 Å². The Morgan fingerprint density at radius 3 is 2.55 bits per heavy atom. The average molecular weight is 426 g/mol. The van der Waals surface area contributed by atoms with Crippen LogP contribution in [0.15, 0.2) is 61.2 Å². The number of nitrogens with one attached hydrogen (secondary N) is 3. The van der Waals surface area contributed by atoms with Crippen LogP contribution in [0, 0.1) is 0 Å². The molecule has 146 valence electrons. The second-order valence-electron chi connectivity index (χ2n) is 6.09. The zero-order valence-electron chi connectivity index (χ0n) is 15.2. The molecular formula is C20H17Cl2N7. The maximum absolute atomic E-state index is 6.43. The number of H-pyrrole nitrogens is 1. The lowest BCUT2D eigenvalue weighted by atomic mass is 10.1. The maximum atomic E-state index is 6.43. The summed E-state index contributed by atoms with van der Waals surface area (Å²) in [5, 5.41) is 7.51. The molecule has 0 unspecified atom stereocenters. The number of nitrogens with zero attached hydrogens (tertiary/aromatic N) is 4. The first-order chi connectivity index (χ1) is 14.2. The van der Waals surface area contributed by atoms with Crippen molar-refractivity contribution in [1.29, 1.82) is 0 Å². The van der Waals surface area contributed by atoms with Gasteiger partial charge in [-0.25, -0.2) is 19.9 Å². The Bertz CT molecular complexity index is 1090. The predicted molar refractivity (Wildman–Crippen MR) is 116 cm³/mol. The highest BCUT2D eigenvalue weighted by molar-refractivity contribution is 6.36. The van der Waals surface area contributed by atoms with Gasteiger partial charge in [-0.3, -0.25) is 0 Å². The molecule has 4 rings (SSSR count). The van der Waals surface area contributed by atoms with Crippen molar-refractivity contribution >= 4 is 35.0 Å².